The van der Waals surface area contributed by atoms with Gasteiger partial charge < -0.3 is 19.4 Å². The van der Waals surface area contributed by atoms with E-state index >= 15 is 0 Å². The summed E-state index contributed by atoms with van der Waals surface area (Å²) in [5, 5.41) is 19.4. The summed E-state index contributed by atoms with van der Waals surface area (Å²) in [7, 11) is 5.39. The van der Waals surface area contributed by atoms with E-state index < -0.39 is 24.1 Å². The van der Waals surface area contributed by atoms with Crippen molar-refractivity contribution in [3.8, 4) is 0 Å². The van der Waals surface area contributed by atoms with Crippen LogP contribution in [0.5, 0.6) is 0 Å². The molecule has 0 heterocycles. The summed E-state index contributed by atoms with van der Waals surface area (Å²) in [6.07, 6.45) is 20.1. The van der Waals surface area contributed by atoms with Crippen molar-refractivity contribution in [2.24, 2.45) is 0 Å². The topological polar surface area (TPSA) is 83.8 Å². The molecule has 182 valence electrons. The largest absolute Gasteiger partial charge is 0.481 e. The number of carboxylic acids is 1. The minimum absolute atomic E-state index is 0.00224. The Kier molecular flexibility index (Phi) is 16.4. The van der Waals surface area contributed by atoms with E-state index in [1.165, 1.54) is 76.7 Å². The number of carbonyl (C=O) groups excluding carboxylic acids is 1. The Labute approximate surface area is 190 Å². The number of quaternary nitrogens is 1. The van der Waals surface area contributed by atoms with Crippen LogP contribution in [0.2, 0.25) is 0 Å². The van der Waals surface area contributed by atoms with Gasteiger partial charge in [0.15, 0.2) is 0 Å². The van der Waals surface area contributed by atoms with Crippen LogP contribution in [0.15, 0.2) is 12.2 Å². The van der Waals surface area contributed by atoms with Crippen LogP contribution < -0.4 is 0 Å². The van der Waals surface area contributed by atoms with Crippen molar-refractivity contribution < 1.29 is 29.0 Å². The summed E-state index contributed by atoms with van der Waals surface area (Å²) >= 11 is 0. The number of hydrogen-bond acceptors (Lipinski definition) is 4. The maximum atomic E-state index is 12.0. The van der Waals surface area contributed by atoms with Gasteiger partial charge >= 0.3 is 11.9 Å². The number of rotatable bonds is 20. The van der Waals surface area contributed by atoms with E-state index in [1.54, 1.807) is 27.2 Å². The Morgan fingerprint density at radius 3 is 1.71 bits per heavy atom. The molecule has 1 atom stereocenters. The lowest BCUT2D eigenvalue weighted by molar-refractivity contribution is -0.880. The summed E-state index contributed by atoms with van der Waals surface area (Å²) in [4.78, 5) is 23.0. The first-order valence-electron chi connectivity index (χ1n) is 12.2. The molecule has 0 aliphatic carbocycles. The monoisotopic (exact) mass is 442 g/mol. The van der Waals surface area contributed by atoms with E-state index in [0.717, 1.165) is 19.3 Å². The first-order valence-corrected chi connectivity index (χ1v) is 12.2. The number of nitrogens with zero attached hydrogens (tertiary/aromatic N) is 1. The average molecular weight is 443 g/mol. The third kappa shape index (κ3) is 20.3. The highest BCUT2D eigenvalue weighted by Crippen LogP contribution is 2.17. The molecular formula is C25H48NO5+. The quantitative estimate of drug-likeness (QED) is 0.0862. The lowest BCUT2D eigenvalue weighted by Gasteiger charge is -2.33. The molecule has 6 heteroatoms. The van der Waals surface area contributed by atoms with Crippen LogP contribution in [0.4, 0.5) is 0 Å². The van der Waals surface area contributed by atoms with Gasteiger partial charge in [0.2, 0.25) is 0 Å². The molecule has 0 amide bonds. The summed E-state index contributed by atoms with van der Waals surface area (Å²) < 4.78 is 5.35. The van der Waals surface area contributed by atoms with Gasteiger partial charge in [-0.15, -0.1) is 0 Å². The standard InChI is InChI=1S/C25H47NO5/c1-5-6-7-8-9-10-11-12-13-14-15-16-17-18-19-20-24(29)31-25(30,21-23(27)28)22-26(2,3)4/h19-20,30H,5-18,21-22H2,1-4H3/p+1. The molecule has 0 bridgehead atoms. The van der Waals surface area contributed by atoms with E-state index in [2.05, 4.69) is 6.92 Å². The van der Waals surface area contributed by atoms with Gasteiger partial charge in [-0.05, 0) is 12.8 Å². The van der Waals surface area contributed by atoms with Crippen LogP contribution >= 0.6 is 0 Å². The Morgan fingerprint density at radius 1 is 0.839 bits per heavy atom. The van der Waals surface area contributed by atoms with Crippen molar-refractivity contribution in [2.45, 2.75) is 109 Å². The van der Waals surface area contributed by atoms with E-state index in [1.807, 2.05) is 0 Å². The molecule has 2 N–H and O–H groups in total. The van der Waals surface area contributed by atoms with Crippen molar-refractivity contribution in [2.75, 3.05) is 27.7 Å². The molecule has 0 radical (unpaired) electrons. The van der Waals surface area contributed by atoms with Crippen LogP contribution in [-0.2, 0) is 14.3 Å². The highest BCUT2D eigenvalue weighted by atomic mass is 16.7. The van der Waals surface area contributed by atoms with Gasteiger partial charge in [-0.25, -0.2) is 4.79 Å². The molecule has 1 unspecified atom stereocenters. The number of aliphatic carboxylic acids is 1. The minimum Gasteiger partial charge on any atom is -0.481 e. The number of ether oxygens (including phenoxy) is 1. The fourth-order valence-corrected chi connectivity index (χ4v) is 3.78. The molecule has 0 rings (SSSR count). The van der Waals surface area contributed by atoms with Gasteiger partial charge in [-0.2, -0.15) is 0 Å². The molecule has 0 spiro atoms. The van der Waals surface area contributed by atoms with Gasteiger partial charge in [-0.1, -0.05) is 90.0 Å². The van der Waals surface area contributed by atoms with E-state index in [0.29, 0.717) is 0 Å². The summed E-state index contributed by atoms with van der Waals surface area (Å²) in [5.41, 5.74) is 0. The summed E-state index contributed by atoms with van der Waals surface area (Å²) in [6.45, 7) is 2.25. The normalized spacial score (nSPS) is 14.0. The SMILES string of the molecule is CCCCCCCCCCCCCCCC=CC(=O)OC(O)(CC(=O)O)C[N+](C)(C)C. The molecule has 0 aromatic heterocycles. The molecule has 31 heavy (non-hydrogen) atoms. The molecule has 0 aromatic carbocycles. The van der Waals surface area contributed by atoms with Crippen LogP contribution in [0.1, 0.15) is 103 Å². The lowest BCUT2D eigenvalue weighted by Crippen LogP contribution is -2.52. The Hall–Kier alpha value is -1.40. The fourth-order valence-electron chi connectivity index (χ4n) is 3.78. The zero-order chi connectivity index (χ0) is 23.6. The predicted octanol–water partition coefficient (Wildman–Crippen LogP) is 5.44. The summed E-state index contributed by atoms with van der Waals surface area (Å²) in [6, 6.07) is 0. The van der Waals surface area contributed by atoms with E-state index in [-0.39, 0.29) is 11.0 Å². The number of carboxylic acid groups (broad SMARTS) is 1. The van der Waals surface area contributed by atoms with Gasteiger partial charge in [0.05, 0.1) is 21.1 Å². The molecule has 0 aliphatic rings. The smallest absolute Gasteiger partial charge is 0.333 e. The van der Waals surface area contributed by atoms with Crippen LogP contribution in [-0.4, -0.2) is 60.1 Å². The third-order valence-corrected chi connectivity index (χ3v) is 5.17. The second-order valence-corrected chi connectivity index (χ2v) is 9.82. The van der Waals surface area contributed by atoms with Crippen molar-refractivity contribution in [1.29, 1.82) is 0 Å². The predicted molar refractivity (Wildman–Crippen MR) is 126 cm³/mol. The summed E-state index contributed by atoms with van der Waals surface area (Å²) in [5.74, 6) is -3.92. The van der Waals surface area contributed by atoms with Crippen molar-refractivity contribution in [3.63, 3.8) is 0 Å². The lowest BCUT2D eigenvalue weighted by atomic mass is 10.0. The number of esters is 1. The number of hydrogen-bond donors (Lipinski definition) is 2. The zero-order valence-corrected chi connectivity index (χ0v) is 20.5. The maximum absolute atomic E-state index is 12.0. The van der Waals surface area contributed by atoms with E-state index in [4.69, 9.17) is 9.84 Å². The van der Waals surface area contributed by atoms with Crippen LogP contribution in [0, 0.1) is 0 Å². The highest BCUT2D eigenvalue weighted by molar-refractivity contribution is 5.82. The Morgan fingerprint density at radius 2 is 1.29 bits per heavy atom. The van der Waals surface area contributed by atoms with Gasteiger partial charge in [0.1, 0.15) is 13.0 Å². The molecule has 0 fully saturated rings. The first kappa shape index (κ1) is 29.6. The maximum Gasteiger partial charge on any atom is 0.333 e. The second-order valence-electron chi connectivity index (χ2n) is 9.82. The Balaban J connectivity index is 3.83. The average Bonchev–Trinajstić information content (AvgIpc) is 2.62. The van der Waals surface area contributed by atoms with Gasteiger partial charge in [0, 0.05) is 6.08 Å². The fraction of sp³-hybridized carbons (Fsp3) is 0.840. The number of aliphatic hydroxyl groups is 1. The third-order valence-electron chi connectivity index (χ3n) is 5.17. The van der Waals surface area contributed by atoms with Crippen LogP contribution in [0.3, 0.4) is 0 Å². The number of likely N-dealkylation sites (N-methyl/N-ethyl adjacent to an activating group) is 1. The molecule has 0 saturated carbocycles. The van der Waals surface area contributed by atoms with Gasteiger partial charge in [0.25, 0.3) is 5.79 Å². The van der Waals surface area contributed by atoms with Crippen molar-refractivity contribution >= 4 is 11.9 Å². The first-order chi connectivity index (χ1) is 14.6. The molecule has 6 nitrogen and oxygen atoms in total. The molecule has 0 aromatic rings. The number of carbonyl (C=O) groups is 2. The molecular weight excluding hydrogens is 394 g/mol. The molecule has 0 aliphatic heterocycles. The van der Waals surface area contributed by atoms with Crippen molar-refractivity contribution in [1.82, 2.24) is 0 Å². The van der Waals surface area contributed by atoms with E-state index in [9.17, 15) is 14.7 Å². The Bertz CT molecular complexity index is 513. The van der Waals surface area contributed by atoms with Crippen molar-refractivity contribution in [3.05, 3.63) is 12.2 Å². The number of allylic oxidation sites excluding steroid dienone is 1. The second kappa shape index (κ2) is 17.2. The highest BCUT2D eigenvalue weighted by Gasteiger charge is 2.39. The zero-order valence-electron chi connectivity index (χ0n) is 20.5. The minimum atomic E-state index is -2.01. The molecule has 0 saturated heterocycles. The van der Waals surface area contributed by atoms with Crippen LogP contribution in [0.25, 0.3) is 0 Å². The van der Waals surface area contributed by atoms with Gasteiger partial charge in [-0.3, -0.25) is 4.79 Å². The number of unbranched alkanes of at least 4 members (excludes halogenated alkanes) is 13.